The van der Waals surface area contributed by atoms with E-state index < -0.39 is 35.2 Å². The minimum atomic E-state index is -1.28. The minimum Gasteiger partial charge on any atom is -0.450 e. The summed E-state index contributed by atoms with van der Waals surface area (Å²) in [5.74, 6) is -3.94. The summed E-state index contributed by atoms with van der Waals surface area (Å²) in [6.45, 7) is 0. The third-order valence-corrected chi connectivity index (χ3v) is 7.04. The van der Waals surface area contributed by atoms with Crippen LogP contribution in [0.1, 0.15) is 12.8 Å². The van der Waals surface area contributed by atoms with Gasteiger partial charge in [0.2, 0.25) is 11.8 Å². The number of imide groups is 1. The number of ketones is 1. The van der Waals surface area contributed by atoms with Gasteiger partial charge < -0.3 is 4.74 Å². The van der Waals surface area contributed by atoms with Crippen molar-refractivity contribution in [1.82, 2.24) is 0 Å². The number of ether oxygens (including phenoxy) is 1. The van der Waals surface area contributed by atoms with Crippen molar-refractivity contribution >= 4 is 51.8 Å². The Morgan fingerprint density at radius 1 is 1.04 bits per heavy atom. The first kappa shape index (κ1) is 16.2. The van der Waals surface area contributed by atoms with E-state index in [0.717, 1.165) is 3.58 Å². The van der Waals surface area contributed by atoms with E-state index in [2.05, 4.69) is 22.6 Å². The maximum absolute atomic E-state index is 13.2. The molecule has 5 atom stereocenters. The molecular weight excluding hydrogens is 449 g/mol. The van der Waals surface area contributed by atoms with E-state index in [-0.39, 0.29) is 30.4 Å². The second-order valence-electron chi connectivity index (χ2n) is 7.18. The number of hydrogen-bond donors (Lipinski definition) is 0. The molecule has 0 radical (unpaired) electrons. The number of benzene rings is 1. The maximum Gasteiger partial charge on any atom is 0.306 e. The highest BCUT2D eigenvalue weighted by molar-refractivity contribution is 14.1. The van der Waals surface area contributed by atoms with Crippen LogP contribution in [0.3, 0.4) is 0 Å². The zero-order chi connectivity index (χ0) is 18.2. The molecule has 0 aromatic heterocycles. The van der Waals surface area contributed by atoms with Gasteiger partial charge in [0, 0.05) is 18.8 Å². The second kappa shape index (κ2) is 5.25. The Hall–Kier alpha value is -2.03. The Balaban J connectivity index is 1.65. The van der Waals surface area contributed by atoms with Gasteiger partial charge in [-0.25, -0.2) is 0 Å². The van der Waals surface area contributed by atoms with Gasteiger partial charge in [-0.1, -0.05) is 24.3 Å². The monoisotopic (exact) mass is 463 g/mol. The number of halogens is 1. The van der Waals surface area contributed by atoms with Crippen LogP contribution in [0, 0.1) is 23.7 Å². The van der Waals surface area contributed by atoms with E-state index >= 15 is 0 Å². The zero-order valence-electron chi connectivity index (χ0n) is 13.6. The van der Waals surface area contributed by atoms with Gasteiger partial charge in [0.25, 0.3) is 0 Å². The standard InChI is InChI=1S/C19H14INO5/c20-11-8-10-13-14(15(11)19(16(10)23)7-6-12(22)26-19)18(25)21(17(13)24)9-4-2-1-3-5-9/h1-5,8,10,13-15H,6-7H2/t10-,13+,14+,15+,19-/m1/s1. The van der Waals surface area contributed by atoms with E-state index in [4.69, 9.17) is 4.74 Å². The van der Waals surface area contributed by atoms with Crippen LogP contribution in [-0.2, 0) is 23.9 Å². The smallest absolute Gasteiger partial charge is 0.306 e. The number of esters is 1. The number of hydrogen-bond acceptors (Lipinski definition) is 5. The largest absolute Gasteiger partial charge is 0.450 e. The third-order valence-electron chi connectivity index (χ3n) is 6.01. The van der Waals surface area contributed by atoms with Crippen LogP contribution < -0.4 is 4.90 Å². The molecule has 1 spiro atoms. The lowest BCUT2D eigenvalue weighted by Crippen LogP contribution is -2.62. The van der Waals surface area contributed by atoms with Crippen molar-refractivity contribution < 1.29 is 23.9 Å². The molecule has 7 heteroatoms. The fourth-order valence-corrected chi connectivity index (χ4v) is 6.27. The molecule has 0 N–H and O–H groups in total. The Morgan fingerprint density at radius 3 is 2.38 bits per heavy atom. The van der Waals surface area contributed by atoms with Gasteiger partial charge in [-0.15, -0.1) is 0 Å². The summed E-state index contributed by atoms with van der Waals surface area (Å²) >= 11 is 2.12. The van der Waals surface area contributed by atoms with Crippen LogP contribution in [0.2, 0.25) is 0 Å². The lowest BCUT2D eigenvalue weighted by Gasteiger charge is -2.49. The van der Waals surface area contributed by atoms with Crippen molar-refractivity contribution in [3.8, 4) is 0 Å². The lowest BCUT2D eigenvalue weighted by atomic mass is 9.55. The highest BCUT2D eigenvalue weighted by atomic mass is 127. The van der Waals surface area contributed by atoms with Crippen LogP contribution in [0.4, 0.5) is 5.69 Å². The van der Waals surface area contributed by atoms with Crippen molar-refractivity contribution in [2.45, 2.75) is 18.4 Å². The van der Waals surface area contributed by atoms with Gasteiger partial charge in [0.05, 0.1) is 23.4 Å². The van der Waals surface area contributed by atoms with Crippen molar-refractivity contribution in [1.29, 1.82) is 0 Å². The minimum absolute atomic E-state index is 0.167. The number of allylic oxidation sites excluding steroid dienone is 1. The summed E-state index contributed by atoms with van der Waals surface area (Å²) < 4.78 is 6.36. The average Bonchev–Trinajstić information content (AvgIpc) is 3.13. The van der Waals surface area contributed by atoms with E-state index in [1.54, 1.807) is 30.3 Å². The molecule has 1 aromatic rings. The summed E-state index contributed by atoms with van der Waals surface area (Å²) in [5.41, 5.74) is -0.771. The number of anilines is 1. The molecule has 2 bridgehead atoms. The molecule has 3 aliphatic carbocycles. The number of carbonyl (C=O) groups is 4. The summed E-state index contributed by atoms with van der Waals surface area (Å²) in [4.78, 5) is 52.4. The molecule has 2 heterocycles. The molecule has 5 aliphatic rings. The average molecular weight is 463 g/mol. The Kier molecular flexibility index (Phi) is 3.26. The van der Waals surface area contributed by atoms with Crippen molar-refractivity contribution in [3.63, 3.8) is 0 Å². The number of para-hydroxylation sites is 1. The predicted molar refractivity (Wildman–Crippen MR) is 98.1 cm³/mol. The van der Waals surface area contributed by atoms with Gasteiger partial charge in [0.1, 0.15) is 0 Å². The van der Waals surface area contributed by atoms with E-state index in [0.29, 0.717) is 5.69 Å². The molecule has 6 nitrogen and oxygen atoms in total. The first-order valence-electron chi connectivity index (χ1n) is 8.52. The number of amides is 2. The second-order valence-corrected chi connectivity index (χ2v) is 8.43. The summed E-state index contributed by atoms with van der Waals surface area (Å²) in [7, 11) is 0. The van der Waals surface area contributed by atoms with Crippen molar-refractivity contribution in [2.75, 3.05) is 4.90 Å². The Labute approximate surface area is 162 Å². The van der Waals surface area contributed by atoms with Crippen molar-refractivity contribution in [3.05, 3.63) is 40.0 Å². The highest BCUT2D eigenvalue weighted by Gasteiger charge is 2.72. The van der Waals surface area contributed by atoms with Crippen molar-refractivity contribution in [2.24, 2.45) is 23.7 Å². The molecule has 6 rings (SSSR count). The summed E-state index contributed by atoms with van der Waals surface area (Å²) in [5, 5.41) is 0. The van der Waals surface area contributed by atoms with Gasteiger partial charge in [-0.05, 0) is 38.3 Å². The van der Waals surface area contributed by atoms with Gasteiger partial charge in [0.15, 0.2) is 11.4 Å². The molecule has 132 valence electrons. The molecular formula is C19H14INO5. The number of Topliss-reactive ketones (excluding diaryl/α,β-unsaturated/α-hetero) is 1. The van der Waals surface area contributed by atoms with Crippen LogP contribution >= 0.6 is 22.6 Å². The van der Waals surface area contributed by atoms with E-state index in [1.165, 1.54) is 4.90 Å². The van der Waals surface area contributed by atoms with Crippen LogP contribution in [-0.4, -0.2) is 29.2 Å². The number of rotatable bonds is 1. The van der Waals surface area contributed by atoms with Gasteiger partial charge in [-0.3, -0.25) is 24.1 Å². The molecule has 0 unspecified atom stereocenters. The number of carbonyl (C=O) groups excluding carboxylic acids is 4. The third kappa shape index (κ3) is 1.81. The lowest BCUT2D eigenvalue weighted by molar-refractivity contribution is -0.175. The first-order valence-corrected chi connectivity index (χ1v) is 9.60. The molecule has 2 saturated heterocycles. The fourth-order valence-electron chi connectivity index (χ4n) is 5.00. The van der Waals surface area contributed by atoms with E-state index in [9.17, 15) is 19.2 Å². The zero-order valence-corrected chi connectivity index (χ0v) is 15.7. The predicted octanol–water partition coefficient (Wildman–Crippen LogP) is 2.02. The Morgan fingerprint density at radius 2 is 1.73 bits per heavy atom. The molecule has 2 aliphatic heterocycles. The molecule has 26 heavy (non-hydrogen) atoms. The Bertz CT molecular complexity index is 910. The molecule has 1 saturated carbocycles. The quantitative estimate of drug-likeness (QED) is 0.362. The topological polar surface area (TPSA) is 80.8 Å². The van der Waals surface area contributed by atoms with E-state index in [1.807, 2.05) is 6.07 Å². The first-order chi connectivity index (χ1) is 12.5. The van der Waals surface area contributed by atoms with Crippen LogP contribution in [0.25, 0.3) is 0 Å². The molecule has 3 fully saturated rings. The van der Waals surface area contributed by atoms with Crippen LogP contribution in [0.5, 0.6) is 0 Å². The van der Waals surface area contributed by atoms with Crippen LogP contribution in [0.15, 0.2) is 40.0 Å². The van der Waals surface area contributed by atoms with Gasteiger partial charge in [-0.2, -0.15) is 0 Å². The maximum atomic E-state index is 13.2. The molecule has 2 amide bonds. The molecule has 1 aromatic carbocycles. The summed E-state index contributed by atoms with van der Waals surface area (Å²) in [6.07, 6.45) is 2.23. The SMILES string of the molecule is O=C1CC[C@]2(O1)C(=O)[C@@H]1C=C(I)[C@H]2[C@H]2C(=O)N(c3ccccc3)C(=O)[C@H]21. The highest BCUT2D eigenvalue weighted by Crippen LogP contribution is 2.60. The summed E-state index contributed by atoms with van der Waals surface area (Å²) in [6, 6.07) is 8.76. The fraction of sp³-hybridized carbons (Fsp3) is 0.368. The van der Waals surface area contributed by atoms with Gasteiger partial charge >= 0.3 is 5.97 Å². The number of nitrogens with zero attached hydrogens (tertiary/aromatic N) is 1. The normalized spacial score (nSPS) is 38.0.